The number of carbonyl (C=O) groups excluding carboxylic acids is 2. The third kappa shape index (κ3) is 6.49. The number of ether oxygens (including phenoxy) is 2. The van der Waals surface area contributed by atoms with Crippen molar-refractivity contribution < 1.29 is 19.1 Å². The van der Waals surface area contributed by atoms with Crippen molar-refractivity contribution in [2.45, 2.75) is 26.2 Å². The molecule has 0 atom stereocenters. The van der Waals surface area contributed by atoms with Crippen LogP contribution in [0.1, 0.15) is 35.7 Å². The van der Waals surface area contributed by atoms with Gasteiger partial charge in [-0.1, -0.05) is 30.7 Å². The highest BCUT2D eigenvalue weighted by Gasteiger charge is 2.12. The average molecular weight is 391 g/mol. The van der Waals surface area contributed by atoms with Crippen molar-refractivity contribution in [2.75, 3.05) is 13.7 Å². The van der Waals surface area contributed by atoms with Gasteiger partial charge in [-0.05, 0) is 48.7 Å². The molecule has 2 amide bonds. The smallest absolute Gasteiger partial charge is 0.269 e. The summed E-state index contributed by atoms with van der Waals surface area (Å²) >= 11 is 5.83. The largest absolute Gasteiger partial charge is 0.493 e. The maximum Gasteiger partial charge on any atom is 0.269 e. The van der Waals surface area contributed by atoms with Gasteiger partial charge in [0.15, 0.2) is 11.5 Å². The maximum atomic E-state index is 12.2. The highest BCUT2D eigenvalue weighted by Crippen LogP contribution is 2.28. The second-order valence-electron chi connectivity index (χ2n) is 5.84. The topological polar surface area (TPSA) is 76.7 Å². The van der Waals surface area contributed by atoms with Crippen LogP contribution in [0.2, 0.25) is 5.02 Å². The first kappa shape index (κ1) is 20.6. The van der Waals surface area contributed by atoms with Gasteiger partial charge < -0.3 is 9.47 Å². The van der Waals surface area contributed by atoms with E-state index in [-0.39, 0.29) is 12.3 Å². The highest BCUT2D eigenvalue weighted by atomic mass is 35.5. The summed E-state index contributed by atoms with van der Waals surface area (Å²) in [6.45, 7) is 2.56. The van der Waals surface area contributed by atoms with Gasteiger partial charge in [0.05, 0.1) is 13.7 Å². The van der Waals surface area contributed by atoms with E-state index in [1.807, 2.05) is 19.1 Å². The first-order valence-electron chi connectivity index (χ1n) is 8.68. The van der Waals surface area contributed by atoms with Crippen molar-refractivity contribution in [2.24, 2.45) is 0 Å². The molecule has 0 heterocycles. The Labute approximate surface area is 163 Å². The van der Waals surface area contributed by atoms with Crippen LogP contribution >= 0.6 is 11.6 Å². The molecule has 0 saturated carbocycles. The lowest BCUT2D eigenvalue weighted by Crippen LogP contribution is -2.41. The monoisotopic (exact) mass is 390 g/mol. The van der Waals surface area contributed by atoms with Gasteiger partial charge in [0.1, 0.15) is 0 Å². The Morgan fingerprint density at radius 3 is 2.44 bits per heavy atom. The third-order valence-corrected chi connectivity index (χ3v) is 4.01. The van der Waals surface area contributed by atoms with Crippen molar-refractivity contribution >= 4 is 23.4 Å². The second-order valence-corrected chi connectivity index (χ2v) is 6.28. The van der Waals surface area contributed by atoms with Crippen LogP contribution < -0.4 is 20.3 Å². The van der Waals surface area contributed by atoms with E-state index < -0.39 is 5.91 Å². The number of hydrogen-bond acceptors (Lipinski definition) is 4. The summed E-state index contributed by atoms with van der Waals surface area (Å²) in [6, 6.07) is 12.1. The van der Waals surface area contributed by atoms with Crippen LogP contribution in [0.25, 0.3) is 0 Å². The molecule has 7 heteroatoms. The summed E-state index contributed by atoms with van der Waals surface area (Å²) in [5.41, 5.74) is 6.16. The van der Waals surface area contributed by atoms with Gasteiger partial charge in [0.2, 0.25) is 5.91 Å². The molecule has 0 fully saturated rings. The van der Waals surface area contributed by atoms with Crippen LogP contribution in [-0.2, 0) is 11.2 Å². The van der Waals surface area contributed by atoms with Gasteiger partial charge in [-0.15, -0.1) is 0 Å². The number of nitrogens with one attached hydrogen (secondary N) is 2. The van der Waals surface area contributed by atoms with Crippen molar-refractivity contribution in [3.8, 4) is 11.5 Å². The predicted octanol–water partition coefficient (Wildman–Crippen LogP) is 3.53. The number of hydrogen-bond donors (Lipinski definition) is 2. The zero-order valence-corrected chi connectivity index (χ0v) is 16.1. The van der Waals surface area contributed by atoms with Gasteiger partial charge in [0.25, 0.3) is 5.91 Å². The minimum atomic E-state index is -0.435. The minimum absolute atomic E-state index is 0.245. The molecule has 0 aliphatic heterocycles. The van der Waals surface area contributed by atoms with Crippen LogP contribution in [0.15, 0.2) is 42.5 Å². The fourth-order valence-electron chi connectivity index (χ4n) is 2.31. The Morgan fingerprint density at radius 1 is 1.04 bits per heavy atom. The number of hydrazine groups is 1. The quantitative estimate of drug-likeness (QED) is 0.676. The highest BCUT2D eigenvalue weighted by molar-refractivity contribution is 6.30. The molecule has 0 aromatic heterocycles. The predicted molar refractivity (Wildman–Crippen MR) is 104 cm³/mol. The van der Waals surface area contributed by atoms with Gasteiger partial charge in [-0.25, -0.2) is 0 Å². The summed E-state index contributed by atoms with van der Waals surface area (Å²) in [4.78, 5) is 24.1. The van der Waals surface area contributed by atoms with Crippen molar-refractivity contribution in [1.82, 2.24) is 10.9 Å². The molecule has 0 radical (unpaired) electrons. The van der Waals surface area contributed by atoms with E-state index in [1.54, 1.807) is 30.3 Å². The van der Waals surface area contributed by atoms with E-state index in [2.05, 4.69) is 10.9 Å². The molecule has 2 rings (SSSR count). The average Bonchev–Trinajstić information content (AvgIpc) is 2.69. The molecule has 6 nitrogen and oxygen atoms in total. The summed E-state index contributed by atoms with van der Waals surface area (Å²) in [5, 5.41) is 0.650. The van der Waals surface area contributed by atoms with Crippen LogP contribution in [0.4, 0.5) is 0 Å². The summed E-state index contributed by atoms with van der Waals surface area (Å²) in [7, 11) is 1.51. The summed E-state index contributed by atoms with van der Waals surface area (Å²) in [5.74, 6) is 0.316. The second kappa shape index (κ2) is 10.4. The van der Waals surface area contributed by atoms with Crippen molar-refractivity contribution in [1.29, 1.82) is 0 Å². The molecule has 144 valence electrons. The fraction of sp³-hybridized carbons (Fsp3) is 0.300. The molecule has 0 aliphatic rings. The van der Waals surface area contributed by atoms with Crippen molar-refractivity contribution in [3.63, 3.8) is 0 Å². The number of rotatable bonds is 8. The molecule has 2 N–H and O–H groups in total. The molecule has 0 spiro atoms. The Hall–Kier alpha value is -2.73. The number of amides is 2. The van der Waals surface area contributed by atoms with Crippen LogP contribution in [0.3, 0.4) is 0 Å². The van der Waals surface area contributed by atoms with Gasteiger partial charge in [-0.2, -0.15) is 0 Å². The summed E-state index contributed by atoms with van der Waals surface area (Å²) in [6.07, 6.45) is 1.67. The normalized spacial score (nSPS) is 10.2. The lowest BCUT2D eigenvalue weighted by atomic mass is 10.1. The molecule has 0 aliphatic carbocycles. The number of carbonyl (C=O) groups is 2. The lowest BCUT2D eigenvalue weighted by molar-refractivity contribution is -0.121. The van der Waals surface area contributed by atoms with E-state index in [1.165, 1.54) is 7.11 Å². The van der Waals surface area contributed by atoms with Gasteiger partial charge in [-0.3, -0.25) is 20.4 Å². The SMILES string of the molecule is CCCOc1ccc(C(=O)NNC(=O)CCc2ccc(Cl)cc2)cc1OC. The number of aryl methyl sites for hydroxylation is 1. The van der Waals surface area contributed by atoms with E-state index >= 15 is 0 Å². The molecular formula is C20H23ClN2O4. The standard InChI is InChI=1S/C20H23ClN2O4/c1-3-12-27-17-10-7-15(13-18(17)26-2)20(25)23-22-19(24)11-6-14-4-8-16(21)9-5-14/h4-5,7-10,13H,3,6,11-12H2,1-2H3,(H,22,24)(H,23,25). The zero-order chi connectivity index (χ0) is 19.6. The Balaban J connectivity index is 1.85. The molecule has 27 heavy (non-hydrogen) atoms. The van der Waals surface area contributed by atoms with E-state index in [9.17, 15) is 9.59 Å². The number of halogens is 1. The van der Waals surface area contributed by atoms with Crippen LogP contribution in [0.5, 0.6) is 11.5 Å². The van der Waals surface area contributed by atoms with E-state index in [4.69, 9.17) is 21.1 Å². The third-order valence-electron chi connectivity index (χ3n) is 3.76. The maximum absolute atomic E-state index is 12.2. The molecule has 2 aromatic rings. The fourth-order valence-corrected chi connectivity index (χ4v) is 2.44. The van der Waals surface area contributed by atoms with E-state index in [0.717, 1.165) is 12.0 Å². The van der Waals surface area contributed by atoms with Crippen LogP contribution in [0, 0.1) is 0 Å². The molecule has 0 unspecified atom stereocenters. The Kier molecular flexibility index (Phi) is 7.95. The first-order valence-corrected chi connectivity index (χ1v) is 9.05. The van der Waals surface area contributed by atoms with Crippen molar-refractivity contribution in [3.05, 3.63) is 58.6 Å². The number of benzene rings is 2. The minimum Gasteiger partial charge on any atom is -0.493 e. The molecule has 2 aromatic carbocycles. The first-order chi connectivity index (χ1) is 13.0. The number of methoxy groups -OCH3 is 1. The van der Waals surface area contributed by atoms with Gasteiger partial charge in [0, 0.05) is 17.0 Å². The Bertz CT molecular complexity index is 778. The zero-order valence-electron chi connectivity index (χ0n) is 15.4. The summed E-state index contributed by atoms with van der Waals surface area (Å²) < 4.78 is 10.8. The lowest BCUT2D eigenvalue weighted by Gasteiger charge is -2.12. The van der Waals surface area contributed by atoms with Gasteiger partial charge >= 0.3 is 0 Å². The van der Waals surface area contributed by atoms with E-state index in [0.29, 0.717) is 35.1 Å². The molecule has 0 saturated heterocycles. The molecule has 0 bridgehead atoms. The Morgan fingerprint density at radius 2 is 1.78 bits per heavy atom. The molecular weight excluding hydrogens is 368 g/mol. The van der Waals surface area contributed by atoms with Crippen LogP contribution in [-0.4, -0.2) is 25.5 Å².